The van der Waals surface area contributed by atoms with Crippen molar-refractivity contribution in [3.63, 3.8) is 0 Å². The van der Waals surface area contributed by atoms with Crippen LogP contribution in [0.2, 0.25) is 0 Å². The van der Waals surface area contributed by atoms with E-state index in [2.05, 4.69) is 6.92 Å². The molecule has 0 aromatic rings. The van der Waals surface area contributed by atoms with Gasteiger partial charge in [0.25, 0.3) is 0 Å². The summed E-state index contributed by atoms with van der Waals surface area (Å²) in [5.74, 6) is 1.01. The molecule has 1 aliphatic rings. The van der Waals surface area contributed by atoms with Crippen LogP contribution >= 0.6 is 24.0 Å². The van der Waals surface area contributed by atoms with E-state index in [9.17, 15) is 4.79 Å². The number of hydrogen-bond donors (Lipinski definition) is 1. The smallest absolute Gasteiger partial charge is 0.232 e. The second-order valence-electron chi connectivity index (χ2n) is 4.81. The molecule has 2 unspecified atom stereocenters. The second-order valence-corrected chi connectivity index (χ2v) is 6.69. The zero-order valence-corrected chi connectivity index (χ0v) is 12.4. The minimum Gasteiger partial charge on any atom is -0.393 e. The summed E-state index contributed by atoms with van der Waals surface area (Å²) in [5, 5.41) is 0.562. The van der Waals surface area contributed by atoms with Gasteiger partial charge in [0.15, 0.2) is 0 Å². The van der Waals surface area contributed by atoms with Crippen LogP contribution in [0.4, 0.5) is 0 Å². The monoisotopic (exact) mass is 274 g/mol. The van der Waals surface area contributed by atoms with Gasteiger partial charge in [-0.3, -0.25) is 4.79 Å². The van der Waals surface area contributed by atoms with E-state index in [0.717, 1.165) is 25.3 Å². The van der Waals surface area contributed by atoms with Crippen molar-refractivity contribution in [3.8, 4) is 0 Å². The summed E-state index contributed by atoms with van der Waals surface area (Å²) in [6.45, 7) is 7.83. The fraction of sp³-hybridized carbons (Fsp3) is 0.833. The molecule has 5 heteroatoms. The summed E-state index contributed by atoms with van der Waals surface area (Å²) in [5.41, 5.74) is 5.69. The predicted molar refractivity (Wildman–Crippen MR) is 78.2 cm³/mol. The van der Waals surface area contributed by atoms with E-state index in [0.29, 0.717) is 10.2 Å². The van der Waals surface area contributed by atoms with E-state index >= 15 is 0 Å². The number of thioether (sulfide) groups is 1. The van der Waals surface area contributed by atoms with Crippen LogP contribution in [0, 0.1) is 11.8 Å². The summed E-state index contributed by atoms with van der Waals surface area (Å²) in [6, 6.07) is 0. The molecule has 1 rings (SSSR count). The Hall–Kier alpha value is -0.290. The van der Waals surface area contributed by atoms with Crippen molar-refractivity contribution < 1.29 is 4.79 Å². The van der Waals surface area contributed by atoms with Crippen molar-refractivity contribution in [1.82, 2.24) is 4.90 Å². The first-order valence-electron chi connectivity index (χ1n) is 6.17. The normalized spacial score (nSPS) is 22.6. The first-order valence-corrected chi connectivity index (χ1v) is 7.62. The molecule has 0 aromatic carbocycles. The summed E-state index contributed by atoms with van der Waals surface area (Å²) < 4.78 is 0. The van der Waals surface area contributed by atoms with Crippen LogP contribution in [0.15, 0.2) is 0 Å². The topological polar surface area (TPSA) is 46.3 Å². The van der Waals surface area contributed by atoms with Crippen LogP contribution in [0.1, 0.15) is 27.2 Å². The first-order chi connectivity index (χ1) is 7.97. The number of thiocarbonyl (C=S) groups is 1. The van der Waals surface area contributed by atoms with Crippen LogP contribution in [0.5, 0.6) is 0 Å². The number of nitrogens with zero attached hydrogens (tertiary/aromatic N) is 1. The minimum absolute atomic E-state index is 0.117. The lowest BCUT2D eigenvalue weighted by molar-refractivity contribution is -0.134. The summed E-state index contributed by atoms with van der Waals surface area (Å²) >= 11 is 6.98. The average Bonchev–Trinajstić information content (AvgIpc) is 2.28. The van der Waals surface area contributed by atoms with Crippen molar-refractivity contribution in [2.45, 2.75) is 32.4 Å². The molecule has 1 aliphatic heterocycles. The molecule has 0 aliphatic carbocycles. The summed E-state index contributed by atoms with van der Waals surface area (Å²) in [7, 11) is 0. The molecule has 0 radical (unpaired) electrons. The number of carbonyl (C=O) groups is 1. The van der Waals surface area contributed by atoms with Crippen LogP contribution in [-0.2, 0) is 4.79 Å². The van der Waals surface area contributed by atoms with Crippen molar-refractivity contribution in [2.24, 2.45) is 17.6 Å². The molecule has 3 nitrogen and oxygen atoms in total. The lowest BCUT2D eigenvalue weighted by Gasteiger charge is -2.35. The lowest BCUT2D eigenvalue weighted by atomic mass is 9.94. The first kappa shape index (κ1) is 14.8. The molecule has 1 amide bonds. The molecule has 0 saturated carbocycles. The molecule has 0 bridgehead atoms. The van der Waals surface area contributed by atoms with E-state index in [-0.39, 0.29) is 17.7 Å². The molecule has 0 aromatic heterocycles. The SMILES string of the molecule is CCC1CN(C(=O)C(C(N)=S)C(C)C)CCS1. The molecule has 1 heterocycles. The molecule has 1 fully saturated rings. The van der Waals surface area contributed by atoms with Crippen LogP contribution in [0.3, 0.4) is 0 Å². The van der Waals surface area contributed by atoms with Gasteiger partial charge in [0.2, 0.25) is 5.91 Å². The molecule has 2 atom stereocenters. The maximum atomic E-state index is 12.4. The maximum Gasteiger partial charge on any atom is 0.232 e. The zero-order valence-electron chi connectivity index (χ0n) is 10.8. The van der Waals surface area contributed by atoms with Crippen molar-refractivity contribution in [2.75, 3.05) is 18.8 Å². The molecule has 17 heavy (non-hydrogen) atoms. The standard InChI is InChI=1S/C12H22N2OS2/c1-4-9-7-14(5-6-17-9)12(15)10(8(2)3)11(13)16/h8-10H,4-7H2,1-3H3,(H2,13,16). The Bertz CT molecular complexity index is 294. The third-order valence-corrected chi connectivity index (χ3v) is 4.77. The average molecular weight is 274 g/mol. The Morgan fingerprint density at radius 3 is 2.71 bits per heavy atom. The molecular formula is C12H22N2OS2. The van der Waals surface area contributed by atoms with Gasteiger partial charge in [-0.25, -0.2) is 0 Å². The van der Waals surface area contributed by atoms with Crippen LogP contribution in [0.25, 0.3) is 0 Å². The molecule has 98 valence electrons. The third kappa shape index (κ3) is 3.85. The van der Waals surface area contributed by atoms with Crippen molar-refractivity contribution in [1.29, 1.82) is 0 Å². The number of amides is 1. The van der Waals surface area contributed by atoms with Gasteiger partial charge in [-0.1, -0.05) is 33.0 Å². The van der Waals surface area contributed by atoms with Crippen LogP contribution < -0.4 is 5.73 Å². The van der Waals surface area contributed by atoms with Gasteiger partial charge in [0.05, 0.1) is 10.9 Å². The van der Waals surface area contributed by atoms with Gasteiger partial charge < -0.3 is 10.6 Å². The highest BCUT2D eigenvalue weighted by Crippen LogP contribution is 2.24. The van der Waals surface area contributed by atoms with Gasteiger partial charge >= 0.3 is 0 Å². The third-order valence-electron chi connectivity index (χ3n) is 3.15. The van der Waals surface area contributed by atoms with Gasteiger partial charge in [0, 0.05) is 24.1 Å². The molecular weight excluding hydrogens is 252 g/mol. The fourth-order valence-electron chi connectivity index (χ4n) is 2.10. The Labute approximate surface area is 113 Å². The van der Waals surface area contributed by atoms with Gasteiger partial charge in [0.1, 0.15) is 0 Å². The Balaban J connectivity index is 2.70. The molecule has 0 spiro atoms. The quantitative estimate of drug-likeness (QED) is 0.795. The maximum absolute atomic E-state index is 12.4. The van der Waals surface area contributed by atoms with E-state index in [4.69, 9.17) is 18.0 Å². The highest BCUT2D eigenvalue weighted by Gasteiger charge is 2.32. The Kier molecular flexibility index (Phi) is 5.73. The van der Waals surface area contributed by atoms with E-state index in [1.807, 2.05) is 30.5 Å². The summed E-state index contributed by atoms with van der Waals surface area (Å²) in [6.07, 6.45) is 1.11. The number of carbonyl (C=O) groups excluding carboxylic acids is 1. The van der Waals surface area contributed by atoms with E-state index in [1.54, 1.807) is 0 Å². The number of rotatable bonds is 4. The number of nitrogens with two attached hydrogens (primary N) is 1. The highest BCUT2D eigenvalue weighted by atomic mass is 32.2. The van der Waals surface area contributed by atoms with Crippen molar-refractivity contribution >= 4 is 34.9 Å². The van der Waals surface area contributed by atoms with E-state index < -0.39 is 0 Å². The van der Waals surface area contributed by atoms with Crippen LogP contribution in [-0.4, -0.2) is 39.9 Å². The Morgan fingerprint density at radius 2 is 2.24 bits per heavy atom. The lowest BCUT2D eigenvalue weighted by Crippen LogP contribution is -2.48. The van der Waals surface area contributed by atoms with Gasteiger partial charge in [-0.05, 0) is 12.3 Å². The highest BCUT2D eigenvalue weighted by molar-refractivity contribution is 8.00. The number of hydrogen-bond acceptors (Lipinski definition) is 3. The fourth-order valence-corrected chi connectivity index (χ4v) is 3.65. The summed E-state index contributed by atoms with van der Waals surface area (Å²) in [4.78, 5) is 14.7. The van der Waals surface area contributed by atoms with Crippen molar-refractivity contribution in [3.05, 3.63) is 0 Å². The second kappa shape index (κ2) is 6.59. The zero-order chi connectivity index (χ0) is 13.0. The Morgan fingerprint density at radius 1 is 1.59 bits per heavy atom. The largest absolute Gasteiger partial charge is 0.393 e. The minimum atomic E-state index is -0.300. The molecule has 1 saturated heterocycles. The van der Waals surface area contributed by atoms with E-state index in [1.165, 1.54) is 0 Å². The molecule has 2 N–H and O–H groups in total. The van der Waals surface area contributed by atoms with Gasteiger partial charge in [-0.15, -0.1) is 0 Å². The predicted octanol–water partition coefficient (Wildman–Crippen LogP) is 1.90. The van der Waals surface area contributed by atoms with Gasteiger partial charge in [-0.2, -0.15) is 11.8 Å².